The van der Waals surface area contributed by atoms with Gasteiger partial charge in [0, 0.05) is 26.8 Å². The van der Waals surface area contributed by atoms with E-state index >= 15 is 0 Å². The van der Waals surface area contributed by atoms with Crippen molar-refractivity contribution in [1.82, 2.24) is 9.97 Å². The lowest BCUT2D eigenvalue weighted by Gasteiger charge is -2.20. The molecule has 15 heavy (non-hydrogen) atoms. The van der Waals surface area contributed by atoms with Crippen LogP contribution in [0, 0.1) is 5.95 Å². The third-order valence-electron chi connectivity index (χ3n) is 1.85. The van der Waals surface area contributed by atoms with Gasteiger partial charge in [-0.1, -0.05) is 0 Å². The minimum absolute atomic E-state index is 0.234. The maximum absolute atomic E-state index is 12.7. The number of hydrogen-bond donors (Lipinski definition) is 1. The van der Waals surface area contributed by atoms with E-state index in [0.717, 1.165) is 6.33 Å². The minimum atomic E-state index is -0.627. The van der Waals surface area contributed by atoms with Crippen LogP contribution in [0.2, 0.25) is 0 Å². The van der Waals surface area contributed by atoms with Crippen molar-refractivity contribution in [3.8, 4) is 0 Å². The molecule has 1 unspecified atom stereocenters. The van der Waals surface area contributed by atoms with Crippen molar-refractivity contribution in [2.24, 2.45) is 0 Å². The number of aromatic nitrogens is 2. The van der Waals surface area contributed by atoms with Crippen LogP contribution in [0.5, 0.6) is 0 Å². The number of nitrogens with zero attached hydrogens (tertiary/aromatic N) is 3. The van der Waals surface area contributed by atoms with E-state index in [4.69, 9.17) is 4.74 Å². The Balaban J connectivity index is 2.56. The minimum Gasteiger partial charge on any atom is -0.389 e. The van der Waals surface area contributed by atoms with Crippen LogP contribution in [-0.4, -0.2) is 48.5 Å². The molecule has 0 aromatic carbocycles. The monoisotopic (exact) mass is 215 g/mol. The number of anilines is 1. The van der Waals surface area contributed by atoms with Crippen LogP contribution in [-0.2, 0) is 4.74 Å². The molecule has 1 rings (SSSR count). The molecule has 0 aliphatic heterocycles. The molecule has 0 saturated heterocycles. The maximum atomic E-state index is 12.7. The number of methoxy groups -OCH3 is 1. The molecule has 0 radical (unpaired) electrons. The number of halogens is 1. The highest BCUT2D eigenvalue weighted by Crippen LogP contribution is 2.08. The van der Waals surface area contributed by atoms with Gasteiger partial charge in [0.15, 0.2) is 0 Å². The Kier molecular flexibility index (Phi) is 4.38. The van der Waals surface area contributed by atoms with Gasteiger partial charge in [0.2, 0.25) is 5.95 Å². The van der Waals surface area contributed by atoms with Gasteiger partial charge in [-0.15, -0.1) is 0 Å². The fourth-order valence-corrected chi connectivity index (χ4v) is 1.19. The molecule has 0 aliphatic rings. The average molecular weight is 215 g/mol. The second-order valence-electron chi connectivity index (χ2n) is 3.19. The Labute approximate surface area is 87.5 Å². The van der Waals surface area contributed by atoms with Crippen molar-refractivity contribution < 1.29 is 14.2 Å². The highest BCUT2D eigenvalue weighted by Gasteiger charge is 2.10. The van der Waals surface area contributed by atoms with E-state index in [0.29, 0.717) is 12.4 Å². The number of rotatable bonds is 5. The predicted molar refractivity (Wildman–Crippen MR) is 53.1 cm³/mol. The molecule has 0 saturated carbocycles. The van der Waals surface area contributed by atoms with Gasteiger partial charge in [-0.25, -0.2) is 9.97 Å². The van der Waals surface area contributed by atoms with Gasteiger partial charge >= 0.3 is 0 Å². The zero-order valence-corrected chi connectivity index (χ0v) is 8.72. The second-order valence-corrected chi connectivity index (χ2v) is 3.19. The topological polar surface area (TPSA) is 58.5 Å². The number of aliphatic hydroxyl groups excluding tert-OH is 1. The first-order valence-electron chi connectivity index (χ1n) is 4.49. The molecule has 0 spiro atoms. The van der Waals surface area contributed by atoms with Crippen LogP contribution in [0.1, 0.15) is 0 Å². The van der Waals surface area contributed by atoms with Gasteiger partial charge in [-0.2, -0.15) is 4.39 Å². The van der Waals surface area contributed by atoms with E-state index in [-0.39, 0.29) is 6.61 Å². The van der Waals surface area contributed by atoms with Crippen molar-refractivity contribution in [2.75, 3.05) is 32.2 Å². The lowest BCUT2D eigenvalue weighted by Crippen LogP contribution is -2.32. The van der Waals surface area contributed by atoms with Gasteiger partial charge in [0.25, 0.3) is 0 Å². The molecular weight excluding hydrogens is 201 g/mol. The third-order valence-corrected chi connectivity index (χ3v) is 1.85. The Hall–Kier alpha value is -1.27. The SMILES string of the molecule is COCC(O)CN(C)c1cc(F)ncn1. The highest BCUT2D eigenvalue weighted by atomic mass is 19.1. The third kappa shape index (κ3) is 3.77. The van der Waals surface area contributed by atoms with E-state index in [1.807, 2.05) is 0 Å². The molecule has 84 valence electrons. The first-order chi connectivity index (χ1) is 7.13. The first-order valence-corrected chi connectivity index (χ1v) is 4.49. The molecule has 0 bridgehead atoms. The molecular formula is C9H14FN3O2. The van der Waals surface area contributed by atoms with E-state index in [9.17, 15) is 9.50 Å². The number of likely N-dealkylation sites (N-methyl/N-ethyl adjacent to an activating group) is 1. The van der Waals surface area contributed by atoms with E-state index in [1.165, 1.54) is 13.2 Å². The Bertz CT molecular complexity index is 311. The summed E-state index contributed by atoms with van der Waals surface area (Å²) in [6.45, 7) is 0.558. The number of hydrogen-bond acceptors (Lipinski definition) is 5. The molecule has 0 fully saturated rings. The summed E-state index contributed by atoms with van der Waals surface area (Å²) in [6.07, 6.45) is 0.516. The summed E-state index contributed by atoms with van der Waals surface area (Å²) in [5.74, 6) is -0.161. The van der Waals surface area contributed by atoms with Crippen molar-refractivity contribution in [2.45, 2.75) is 6.10 Å². The van der Waals surface area contributed by atoms with Gasteiger partial charge < -0.3 is 14.7 Å². The normalized spacial score (nSPS) is 12.5. The van der Waals surface area contributed by atoms with Crippen molar-refractivity contribution in [3.63, 3.8) is 0 Å². The van der Waals surface area contributed by atoms with Gasteiger partial charge in [-0.05, 0) is 0 Å². The lowest BCUT2D eigenvalue weighted by molar-refractivity contribution is 0.0694. The van der Waals surface area contributed by atoms with Crippen molar-refractivity contribution >= 4 is 5.82 Å². The lowest BCUT2D eigenvalue weighted by atomic mass is 10.3. The molecule has 1 aromatic rings. The Morgan fingerprint density at radius 1 is 1.60 bits per heavy atom. The van der Waals surface area contributed by atoms with Gasteiger partial charge in [-0.3, -0.25) is 0 Å². The van der Waals surface area contributed by atoms with Crippen molar-refractivity contribution in [3.05, 3.63) is 18.3 Å². The van der Waals surface area contributed by atoms with Crippen LogP contribution < -0.4 is 4.90 Å². The molecule has 5 nitrogen and oxygen atoms in total. The smallest absolute Gasteiger partial charge is 0.218 e. The van der Waals surface area contributed by atoms with Crippen molar-refractivity contribution in [1.29, 1.82) is 0 Å². The summed E-state index contributed by atoms with van der Waals surface area (Å²) in [5.41, 5.74) is 0. The summed E-state index contributed by atoms with van der Waals surface area (Å²) >= 11 is 0. The summed E-state index contributed by atoms with van der Waals surface area (Å²) in [4.78, 5) is 8.86. The number of aliphatic hydroxyl groups is 1. The van der Waals surface area contributed by atoms with Crippen LogP contribution in [0.15, 0.2) is 12.4 Å². The fourth-order valence-electron chi connectivity index (χ4n) is 1.19. The predicted octanol–water partition coefficient (Wildman–Crippen LogP) is 0.0592. The maximum Gasteiger partial charge on any atom is 0.218 e. The molecule has 1 heterocycles. The van der Waals surface area contributed by atoms with E-state index in [1.54, 1.807) is 11.9 Å². The molecule has 0 amide bonds. The summed E-state index contributed by atoms with van der Waals surface area (Å²) < 4.78 is 17.5. The van der Waals surface area contributed by atoms with Crippen LogP contribution >= 0.6 is 0 Å². The largest absolute Gasteiger partial charge is 0.389 e. The zero-order chi connectivity index (χ0) is 11.3. The van der Waals surface area contributed by atoms with Gasteiger partial charge in [0.1, 0.15) is 12.1 Å². The first kappa shape index (κ1) is 11.8. The summed E-state index contributed by atoms with van der Waals surface area (Å²) in [5, 5.41) is 9.45. The molecule has 1 aromatic heterocycles. The molecule has 1 N–H and O–H groups in total. The summed E-state index contributed by atoms with van der Waals surface area (Å²) in [6, 6.07) is 1.21. The zero-order valence-electron chi connectivity index (χ0n) is 8.72. The highest BCUT2D eigenvalue weighted by molar-refractivity contribution is 5.35. The van der Waals surface area contributed by atoms with Crippen LogP contribution in [0.4, 0.5) is 10.2 Å². The number of ether oxygens (including phenoxy) is 1. The van der Waals surface area contributed by atoms with Crippen LogP contribution in [0.3, 0.4) is 0 Å². The van der Waals surface area contributed by atoms with E-state index in [2.05, 4.69) is 9.97 Å². The van der Waals surface area contributed by atoms with Crippen LogP contribution in [0.25, 0.3) is 0 Å². The average Bonchev–Trinajstić information content (AvgIpc) is 2.18. The molecule has 6 heteroatoms. The standard InChI is InChI=1S/C9H14FN3O2/c1-13(4-7(14)5-15-2)9-3-8(10)11-6-12-9/h3,6-7,14H,4-5H2,1-2H3. The van der Waals surface area contributed by atoms with Gasteiger partial charge in [0.05, 0.1) is 12.7 Å². The quantitative estimate of drug-likeness (QED) is 0.704. The Morgan fingerprint density at radius 3 is 2.93 bits per heavy atom. The summed E-state index contributed by atoms with van der Waals surface area (Å²) in [7, 11) is 3.22. The van der Waals surface area contributed by atoms with E-state index < -0.39 is 12.1 Å². The Morgan fingerprint density at radius 2 is 2.33 bits per heavy atom. The molecule has 0 aliphatic carbocycles. The fraction of sp³-hybridized carbons (Fsp3) is 0.556. The molecule has 1 atom stereocenters. The second kappa shape index (κ2) is 5.57.